The second kappa shape index (κ2) is 12.1. The fourth-order valence-corrected chi connectivity index (χ4v) is 6.96. The van der Waals surface area contributed by atoms with Crippen LogP contribution in [0.2, 0.25) is 0 Å². The van der Waals surface area contributed by atoms with Gasteiger partial charge in [0.2, 0.25) is 0 Å². The number of likely N-dealkylation sites (N-methyl/N-ethyl adjacent to an activating group) is 2. The molecule has 4 aliphatic rings. The highest BCUT2D eigenvalue weighted by Gasteiger charge is 2.53. The fourth-order valence-electron chi connectivity index (χ4n) is 6.96. The van der Waals surface area contributed by atoms with Gasteiger partial charge in [-0.2, -0.15) is 23.5 Å². The van der Waals surface area contributed by atoms with Crippen molar-refractivity contribution in [2.75, 3.05) is 38.3 Å². The van der Waals surface area contributed by atoms with Gasteiger partial charge in [0.15, 0.2) is 5.69 Å². The van der Waals surface area contributed by atoms with Gasteiger partial charge in [0.25, 0.3) is 17.7 Å². The molecule has 1 saturated carbocycles. The second-order valence-electron chi connectivity index (χ2n) is 12.2. The number of amides is 3. The summed E-state index contributed by atoms with van der Waals surface area (Å²) in [5, 5.41) is 20.7. The topological polar surface area (TPSA) is 133 Å². The minimum atomic E-state index is -4.64. The predicted octanol–water partition coefficient (Wildman–Crippen LogP) is 3.24. The van der Waals surface area contributed by atoms with Crippen molar-refractivity contribution in [2.45, 2.75) is 75.3 Å². The number of nitriles is 1. The number of ether oxygens (including phenoxy) is 1. The molecule has 4 heterocycles. The fraction of sp³-hybridized carbons (Fsp3) is 0.581. The average Bonchev–Trinajstić information content (AvgIpc) is 3.67. The summed E-state index contributed by atoms with van der Waals surface area (Å²) in [7, 11) is 1.78. The summed E-state index contributed by atoms with van der Waals surface area (Å²) in [5.74, 6) is -1.79. The van der Waals surface area contributed by atoms with Crippen LogP contribution in [0.1, 0.15) is 83.0 Å². The standard InChI is InChI=1S/C31H36F3N7O4/c1-3-39-28-24(23(17-7-8-17)25(29(39)43)37-27(42)18-5-4-6-19(13-18)31(32,33)34)26(38-41(28)21-9-11-45-12-10-21)30(44)40-16-20(36-2)14-22(40)15-35/h4-6,13,17,20-23,25,36H,3,7-12,14,16H2,1-2H3,(H,37,42)/t20-,22+,23+,25+/m1/s1. The average molecular weight is 628 g/mol. The molecule has 2 N–H and O–H groups in total. The first-order valence-electron chi connectivity index (χ1n) is 15.4. The number of carbonyl (C=O) groups excluding carboxylic acids is 3. The Bertz CT molecular complexity index is 1530. The number of fused-ring (bicyclic) bond motifs is 1. The number of aromatic nitrogens is 2. The molecular formula is C31H36F3N7O4. The first kappa shape index (κ1) is 31.0. The van der Waals surface area contributed by atoms with Crippen molar-refractivity contribution >= 4 is 23.5 Å². The summed E-state index contributed by atoms with van der Waals surface area (Å²) in [5.41, 5.74) is -0.490. The van der Waals surface area contributed by atoms with E-state index in [2.05, 4.69) is 16.7 Å². The van der Waals surface area contributed by atoms with Crippen molar-refractivity contribution in [3.8, 4) is 6.07 Å². The van der Waals surface area contributed by atoms with Crippen LogP contribution in [0.25, 0.3) is 0 Å². The van der Waals surface area contributed by atoms with E-state index in [0.29, 0.717) is 50.4 Å². The van der Waals surface area contributed by atoms with Crippen molar-refractivity contribution in [3.05, 3.63) is 46.6 Å². The van der Waals surface area contributed by atoms with Gasteiger partial charge in [-0.05, 0) is 70.2 Å². The zero-order valence-electron chi connectivity index (χ0n) is 25.1. The molecule has 240 valence electrons. The van der Waals surface area contributed by atoms with Crippen LogP contribution in [0.3, 0.4) is 0 Å². The van der Waals surface area contributed by atoms with E-state index in [1.54, 1.807) is 18.7 Å². The predicted molar refractivity (Wildman–Crippen MR) is 155 cm³/mol. The quantitative estimate of drug-likeness (QED) is 0.482. The molecule has 3 aliphatic heterocycles. The highest BCUT2D eigenvalue weighted by Crippen LogP contribution is 2.52. The number of rotatable bonds is 7. The number of benzene rings is 1. The summed E-state index contributed by atoms with van der Waals surface area (Å²) in [6, 6.07) is 4.32. The third kappa shape index (κ3) is 5.68. The number of likely N-dealkylation sites (tertiary alicyclic amines) is 1. The Kier molecular flexibility index (Phi) is 8.34. The summed E-state index contributed by atoms with van der Waals surface area (Å²) in [6.07, 6.45) is -1.42. The molecule has 11 nitrogen and oxygen atoms in total. The first-order valence-corrected chi connectivity index (χ1v) is 15.4. The zero-order chi connectivity index (χ0) is 32.0. The van der Waals surface area contributed by atoms with Crippen molar-refractivity contribution in [1.29, 1.82) is 5.26 Å². The molecule has 0 unspecified atom stereocenters. The van der Waals surface area contributed by atoms with Gasteiger partial charge in [0, 0.05) is 49.4 Å². The normalized spacial score (nSPS) is 25.6. The van der Waals surface area contributed by atoms with E-state index in [1.807, 2.05) is 0 Å². The molecule has 1 aliphatic carbocycles. The number of halogens is 3. The first-order chi connectivity index (χ1) is 21.6. The minimum absolute atomic E-state index is 0.0483. The lowest BCUT2D eigenvalue weighted by atomic mass is 9.82. The molecule has 2 saturated heterocycles. The van der Waals surface area contributed by atoms with Crippen LogP contribution >= 0.6 is 0 Å². The van der Waals surface area contributed by atoms with Crippen LogP contribution in [0.5, 0.6) is 0 Å². The van der Waals surface area contributed by atoms with Crippen LogP contribution in [-0.4, -0.2) is 83.9 Å². The van der Waals surface area contributed by atoms with Crippen molar-refractivity contribution in [2.24, 2.45) is 5.92 Å². The summed E-state index contributed by atoms with van der Waals surface area (Å²) < 4.78 is 47.6. The van der Waals surface area contributed by atoms with E-state index in [1.165, 1.54) is 15.9 Å². The maximum atomic E-state index is 14.3. The summed E-state index contributed by atoms with van der Waals surface area (Å²) >= 11 is 0. The second-order valence-corrected chi connectivity index (χ2v) is 12.2. The number of alkyl halides is 3. The monoisotopic (exact) mass is 627 g/mol. The van der Waals surface area contributed by atoms with Gasteiger partial charge in [-0.3, -0.25) is 19.3 Å². The Morgan fingerprint density at radius 2 is 1.91 bits per heavy atom. The van der Waals surface area contributed by atoms with Crippen molar-refractivity contribution < 1.29 is 32.3 Å². The van der Waals surface area contributed by atoms with E-state index < -0.39 is 47.5 Å². The molecule has 0 spiro atoms. The minimum Gasteiger partial charge on any atom is -0.381 e. The van der Waals surface area contributed by atoms with Crippen LogP contribution in [0.4, 0.5) is 19.0 Å². The molecule has 14 heteroatoms. The maximum Gasteiger partial charge on any atom is 0.416 e. The van der Waals surface area contributed by atoms with E-state index in [-0.39, 0.29) is 35.8 Å². The molecule has 45 heavy (non-hydrogen) atoms. The highest BCUT2D eigenvalue weighted by molar-refractivity contribution is 6.07. The molecule has 1 aromatic heterocycles. The van der Waals surface area contributed by atoms with Crippen LogP contribution in [0, 0.1) is 17.2 Å². The van der Waals surface area contributed by atoms with Gasteiger partial charge in [0.1, 0.15) is 17.9 Å². The van der Waals surface area contributed by atoms with Gasteiger partial charge >= 0.3 is 6.18 Å². The number of nitrogens with one attached hydrogen (secondary N) is 2. The SMILES string of the molecule is CCN1C(=O)[C@@H](NC(=O)c2cccc(C(F)(F)F)c2)[C@@H](C2CC2)c2c(C(=O)N3C[C@H](NC)C[C@H]3C#N)nn(C3CCOCC3)c21. The van der Waals surface area contributed by atoms with Gasteiger partial charge in [-0.15, -0.1) is 0 Å². The van der Waals surface area contributed by atoms with E-state index in [4.69, 9.17) is 9.84 Å². The van der Waals surface area contributed by atoms with E-state index in [9.17, 15) is 32.8 Å². The Morgan fingerprint density at radius 1 is 1.18 bits per heavy atom. The van der Waals surface area contributed by atoms with Crippen LogP contribution in [0.15, 0.2) is 24.3 Å². The van der Waals surface area contributed by atoms with E-state index >= 15 is 0 Å². The number of anilines is 1. The smallest absolute Gasteiger partial charge is 0.381 e. The number of nitrogens with zero attached hydrogens (tertiary/aromatic N) is 5. The van der Waals surface area contributed by atoms with E-state index in [0.717, 1.165) is 31.0 Å². The lowest BCUT2D eigenvalue weighted by Gasteiger charge is -2.39. The zero-order valence-corrected chi connectivity index (χ0v) is 25.1. The molecule has 3 amide bonds. The Balaban J connectivity index is 1.45. The van der Waals surface area contributed by atoms with Crippen LogP contribution in [-0.2, 0) is 15.7 Å². The largest absolute Gasteiger partial charge is 0.416 e. The lowest BCUT2D eigenvalue weighted by Crippen LogP contribution is -2.56. The molecule has 0 bridgehead atoms. The highest BCUT2D eigenvalue weighted by atomic mass is 19.4. The summed E-state index contributed by atoms with van der Waals surface area (Å²) in [4.78, 5) is 45.1. The molecular weight excluding hydrogens is 591 g/mol. The molecule has 0 radical (unpaired) electrons. The molecule has 6 rings (SSSR count). The molecule has 3 fully saturated rings. The third-order valence-corrected chi connectivity index (χ3v) is 9.44. The van der Waals surface area contributed by atoms with Gasteiger partial charge in [-0.1, -0.05) is 6.07 Å². The Morgan fingerprint density at radius 3 is 2.53 bits per heavy atom. The summed E-state index contributed by atoms with van der Waals surface area (Å²) in [6.45, 7) is 3.31. The number of hydrogen-bond donors (Lipinski definition) is 2. The van der Waals surface area contributed by atoms with Gasteiger partial charge in [0.05, 0.1) is 17.7 Å². The number of hydrogen-bond acceptors (Lipinski definition) is 7. The van der Waals surface area contributed by atoms with Gasteiger partial charge < -0.3 is 20.3 Å². The molecule has 1 aromatic carbocycles. The Labute approximate surface area is 258 Å². The van der Waals surface area contributed by atoms with Crippen LogP contribution < -0.4 is 15.5 Å². The van der Waals surface area contributed by atoms with Gasteiger partial charge in [-0.25, -0.2) is 4.68 Å². The van der Waals surface area contributed by atoms with Crippen molar-refractivity contribution in [1.82, 2.24) is 25.3 Å². The molecule has 4 atom stereocenters. The Hall–Kier alpha value is -3.96. The lowest BCUT2D eigenvalue weighted by molar-refractivity contribution is -0.137. The third-order valence-electron chi connectivity index (χ3n) is 9.44. The molecule has 2 aromatic rings. The van der Waals surface area contributed by atoms with Crippen molar-refractivity contribution in [3.63, 3.8) is 0 Å². The number of carbonyl (C=O) groups is 3. The maximum absolute atomic E-state index is 14.3.